The minimum atomic E-state index is -0.834. The summed E-state index contributed by atoms with van der Waals surface area (Å²) >= 11 is 1.56. The fourth-order valence-corrected chi connectivity index (χ4v) is 8.29. The van der Waals surface area contributed by atoms with Crippen molar-refractivity contribution >= 4 is 44.2 Å². The highest BCUT2D eigenvalue weighted by Gasteiger charge is 2.49. The summed E-state index contributed by atoms with van der Waals surface area (Å²) in [6.45, 7) is 8.64. The molecule has 0 bridgehead atoms. The average molecular weight is 577 g/mol. The Balaban J connectivity index is 1.33. The number of hydrogen-bond donors (Lipinski definition) is 1. The van der Waals surface area contributed by atoms with Crippen LogP contribution in [0.1, 0.15) is 44.6 Å². The standard InChI is InChI=1S/C32H34F2N4O2S/c1-3-22-24(34)10-9-20-7-4-8-23(27(20)22)26-15-25-28(41-26)29(37-13-5-11-31(2,39)18-37)36-30(35-25)40-19-32-12-6-14-38(32)17-21(33)16-32/h3-4,7-10,15,21,39H,1,5-6,11-14,16-19H2,2H3/t21-,31-,32+/m1/s1. The summed E-state index contributed by atoms with van der Waals surface area (Å²) in [7, 11) is 0. The Morgan fingerprint density at radius 1 is 1.20 bits per heavy atom. The Morgan fingerprint density at radius 3 is 2.88 bits per heavy atom. The molecule has 9 heteroatoms. The van der Waals surface area contributed by atoms with Crippen LogP contribution in [0.15, 0.2) is 43.0 Å². The van der Waals surface area contributed by atoms with Gasteiger partial charge in [0, 0.05) is 47.4 Å². The first-order valence-electron chi connectivity index (χ1n) is 14.4. The summed E-state index contributed by atoms with van der Waals surface area (Å²) in [5.41, 5.74) is 0.979. The number of anilines is 1. The number of β-amino-alcohol motifs (C(OH)–C–C–N with tert-alkyl or cyclic N) is 1. The van der Waals surface area contributed by atoms with E-state index in [1.54, 1.807) is 23.5 Å². The van der Waals surface area contributed by atoms with E-state index in [9.17, 15) is 13.9 Å². The number of alkyl halides is 1. The average Bonchev–Trinajstić information content (AvgIpc) is 3.62. The summed E-state index contributed by atoms with van der Waals surface area (Å²) in [6.07, 6.45) is 4.72. The van der Waals surface area contributed by atoms with Crippen LogP contribution in [0.5, 0.6) is 6.01 Å². The minimum Gasteiger partial charge on any atom is -0.461 e. The van der Waals surface area contributed by atoms with Gasteiger partial charge in [-0.3, -0.25) is 4.90 Å². The fourth-order valence-electron chi connectivity index (χ4n) is 7.14. The molecule has 2 aromatic carbocycles. The maximum absolute atomic E-state index is 14.8. The topological polar surface area (TPSA) is 61.7 Å². The highest BCUT2D eigenvalue weighted by molar-refractivity contribution is 7.22. The van der Waals surface area contributed by atoms with Crippen molar-refractivity contribution in [2.24, 2.45) is 0 Å². The van der Waals surface area contributed by atoms with E-state index in [2.05, 4.69) is 16.4 Å². The van der Waals surface area contributed by atoms with Gasteiger partial charge in [-0.25, -0.2) is 8.78 Å². The van der Waals surface area contributed by atoms with Crippen molar-refractivity contribution in [3.8, 4) is 16.5 Å². The van der Waals surface area contributed by atoms with Crippen molar-refractivity contribution < 1.29 is 18.6 Å². The van der Waals surface area contributed by atoms with Crippen LogP contribution in [0.3, 0.4) is 0 Å². The maximum atomic E-state index is 14.8. The summed E-state index contributed by atoms with van der Waals surface area (Å²) in [5.74, 6) is 0.419. The second-order valence-corrected chi connectivity index (χ2v) is 13.2. The van der Waals surface area contributed by atoms with Crippen molar-refractivity contribution in [1.82, 2.24) is 14.9 Å². The molecule has 6 nitrogen and oxygen atoms in total. The van der Waals surface area contributed by atoms with Gasteiger partial charge >= 0.3 is 6.01 Å². The van der Waals surface area contributed by atoms with Crippen LogP contribution in [0.25, 0.3) is 37.5 Å². The zero-order valence-electron chi connectivity index (χ0n) is 23.2. The Labute approximate surface area is 242 Å². The molecule has 0 unspecified atom stereocenters. The molecule has 214 valence electrons. The Kier molecular flexibility index (Phi) is 6.52. The summed E-state index contributed by atoms with van der Waals surface area (Å²) in [4.78, 5) is 15.0. The molecule has 3 aliphatic rings. The molecule has 0 spiro atoms. The number of fused-ring (bicyclic) bond motifs is 3. The van der Waals surface area contributed by atoms with Gasteiger partial charge in [-0.15, -0.1) is 11.3 Å². The lowest BCUT2D eigenvalue weighted by Crippen LogP contribution is -2.46. The Morgan fingerprint density at radius 2 is 2.05 bits per heavy atom. The van der Waals surface area contributed by atoms with Gasteiger partial charge in [0.05, 0.1) is 21.4 Å². The number of ether oxygens (including phenoxy) is 1. The van der Waals surface area contributed by atoms with E-state index in [1.165, 1.54) is 6.07 Å². The third-order valence-corrected chi connectivity index (χ3v) is 10.2. The van der Waals surface area contributed by atoms with Gasteiger partial charge in [-0.2, -0.15) is 9.97 Å². The highest BCUT2D eigenvalue weighted by atomic mass is 32.1. The van der Waals surface area contributed by atoms with E-state index >= 15 is 0 Å². The van der Waals surface area contributed by atoms with Gasteiger partial charge in [0.15, 0.2) is 5.82 Å². The second-order valence-electron chi connectivity index (χ2n) is 12.1. The first-order chi connectivity index (χ1) is 19.7. The molecule has 3 atom stereocenters. The van der Waals surface area contributed by atoms with E-state index in [4.69, 9.17) is 14.7 Å². The molecule has 1 N–H and O–H groups in total. The number of aromatic nitrogens is 2. The SMILES string of the molecule is C=Cc1c(F)ccc2cccc(-c3cc4nc(OC[C@@]56CCCN5C[C@H](F)C6)nc(N5CCC[C@@](C)(O)C5)c4s3)c12. The predicted octanol–water partition coefficient (Wildman–Crippen LogP) is 6.60. The third-order valence-electron chi connectivity index (χ3n) is 9.04. The van der Waals surface area contributed by atoms with Gasteiger partial charge in [-0.05, 0) is 56.7 Å². The quantitative estimate of drug-likeness (QED) is 0.279. The van der Waals surface area contributed by atoms with Gasteiger partial charge in [0.1, 0.15) is 18.6 Å². The molecule has 3 fully saturated rings. The van der Waals surface area contributed by atoms with Crippen LogP contribution in [0.4, 0.5) is 14.6 Å². The second kappa shape index (κ2) is 10.00. The number of benzene rings is 2. The number of hydrogen-bond acceptors (Lipinski definition) is 7. The lowest BCUT2D eigenvalue weighted by molar-refractivity contribution is 0.0447. The Bertz CT molecular complexity index is 1660. The predicted molar refractivity (Wildman–Crippen MR) is 161 cm³/mol. The molecular formula is C32H34F2N4O2S. The lowest BCUT2D eigenvalue weighted by atomic mass is 9.95. The zero-order valence-corrected chi connectivity index (χ0v) is 24.0. The van der Waals surface area contributed by atoms with Crippen LogP contribution in [-0.2, 0) is 0 Å². The fraction of sp³-hybridized carbons (Fsp3) is 0.438. The van der Waals surface area contributed by atoms with Crippen LogP contribution >= 0.6 is 11.3 Å². The monoisotopic (exact) mass is 576 g/mol. The molecule has 2 aromatic heterocycles. The number of nitrogens with zero attached hydrogens (tertiary/aromatic N) is 4. The molecule has 3 saturated heterocycles. The first kappa shape index (κ1) is 26.7. The number of thiophene rings is 1. The van der Waals surface area contributed by atoms with Crippen LogP contribution in [0.2, 0.25) is 0 Å². The molecular weight excluding hydrogens is 542 g/mol. The van der Waals surface area contributed by atoms with Crippen molar-refractivity contribution in [3.05, 3.63) is 54.4 Å². The largest absolute Gasteiger partial charge is 0.461 e. The first-order valence-corrected chi connectivity index (χ1v) is 15.2. The lowest BCUT2D eigenvalue weighted by Gasteiger charge is -2.37. The smallest absolute Gasteiger partial charge is 0.319 e. The number of halogens is 2. The summed E-state index contributed by atoms with van der Waals surface area (Å²) < 4.78 is 36.4. The highest BCUT2D eigenvalue weighted by Crippen LogP contribution is 2.44. The van der Waals surface area contributed by atoms with Gasteiger partial charge in [0.2, 0.25) is 0 Å². The van der Waals surface area contributed by atoms with Crippen LogP contribution in [0, 0.1) is 5.82 Å². The van der Waals surface area contributed by atoms with E-state index in [0.717, 1.165) is 76.0 Å². The maximum Gasteiger partial charge on any atom is 0.319 e. The van der Waals surface area contributed by atoms with Crippen molar-refractivity contribution in [1.29, 1.82) is 0 Å². The molecule has 4 aromatic rings. The van der Waals surface area contributed by atoms with Crippen molar-refractivity contribution in [2.75, 3.05) is 37.7 Å². The van der Waals surface area contributed by atoms with E-state index in [1.807, 2.05) is 31.2 Å². The molecule has 5 heterocycles. The molecule has 0 radical (unpaired) electrons. The number of piperidine rings is 1. The molecule has 0 amide bonds. The summed E-state index contributed by atoms with van der Waals surface area (Å²) in [5, 5.41) is 12.6. The third kappa shape index (κ3) is 4.68. The van der Waals surface area contributed by atoms with Crippen LogP contribution in [-0.4, -0.2) is 70.1 Å². The van der Waals surface area contributed by atoms with Crippen molar-refractivity contribution in [3.63, 3.8) is 0 Å². The van der Waals surface area contributed by atoms with Crippen molar-refractivity contribution in [2.45, 2.75) is 56.3 Å². The van der Waals surface area contributed by atoms with Gasteiger partial charge < -0.3 is 14.7 Å². The van der Waals surface area contributed by atoms with Gasteiger partial charge in [-0.1, -0.05) is 36.9 Å². The molecule has 41 heavy (non-hydrogen) atoms. The normalized spacial score (nSPS) is 26.6. The van der Waals surface area contributed by atoms with E-state index < -0.39 is 11.8 Å². The van der Waals surface area contributed by atoms with E-state index in [-0.39, 0.29) is 17.4 Å². The molecule has 3 aliphatic heterocycles. The van der Waals surface area contributed by atoms with Crippen LogP contribution < -0.4 is 9.64 Å². The molecule has 7 rings (SSSR count). The minimum absolute atomic E-state index is 0.265. The molecule has 0 aliphatic carbocycles. The van der Waals surface area contributed by atoms with E-state index in [0.29, 0.717) is 31.7 Å². The zero-order chi connectivity index (χ0) is 28.4. The number of rotatable bonds is 6. The molecule has 0 saturated carbocycles. The number of aliphatic hydroxyl groups is 1. The van der Waals surface area contributed by atoms with Gasteiger partial charge in [0.25, 0.3) is 0 Å². The summed E-state index contributed by atoms with van der Waals surface area (Å²) in [6, 6.07) is 11.5. The Hall–Kier alpha value is -3.14.